The van der Waals surface area contributed by atoms with Gasteiger partial charge >= 0.3 is 0 Å². The summed E-state index contributed by atoms with van der Waals surface area (Å²) in [6, 6.07) is 4.72. The van der Waals surface area contributed by atoms with Gasteiger partial charge in [0.25, 0.3) is 0 Å². The maximum Gasteiger partial charge on any atom is 0.229 e. The van der Waals surface area contributed by atoms with Crippen molar-refractivity contribution in [2.24, 2.45) is 0 Å². The molecule has 0 amide bonds. The molecular formula is C15H21ClN2O2Si. The number of nitrogens with zero attached hydrogens (tertiary/aromatic N) is 2. The van der Waals surface area contributed by atoms with Gasteiger partial charge in [-0.25, -0.2) is 4.98 Å². The van der Waals surface area contributed by atoms with E-state index in [2.05, 4.69) is 24.6 Å². The van der Waals surface area contributed by atoms with Crippen LogP contribution < -0.4 is 0 Å². The van der Waals surface area contributed by atoms with Gasteiger partial charge in [0.15, 0.2) is 0 Å². The average Bonchev–Trinajstić information content (AvgIpc) is 2.73. The first-order chi connectivity index (χ1) is 9.79. The number of carbonyl (C=O) groups is 1. The lowest BCUT2D eigenvalue weighted by atomic mass is 10.3. The van der Waals surface area contributed by atoms with Gasteiger partial charge in [-0.05, 0) is 18.2 Å². The average molecular weight is 325 g/mol. The highest BCUT2D eigenvalue weighted by Crippen LogP contribution is 2.25. The number of pyridine rings is 1. The van der Waals surface area contributed by atoms with E-state index in [0.717, 1.165) is 23.7 Å². The number of hydrogen-bond donors (Lipinski definition) is 0. The second kappa shape index (κ2) is 6.30. The molecule has 0 aliphatic heterocycles. The van der Waals surface area contributed by atoms with Gasteiger partial charge in [0.2, 0.25) is 5.91 Å². The largest absolute Gasteiger partial charge is 0.376 e. The molecule has 6 heteroatoms. The lowest BCUT2D eigenvalue weighted by Gasteiger charge is -2.15. The summed E-state index contributed by atoms with van der Waals surface area (Å²) >= 11 is 6.17. The normalized spacial score (nSPS) is 12.0. The summed E-state index contributed by atoms with van der Waals surface area (Å²) in [7, 11) is -1.10. The Labute approximate surface area is 131 Å². The standard InChI is InChI=1S/C15H21ClN2O2Si/c1-11(19)18-12(10-20-7-8-21(2,3)4)9-13-14(16)5-6-17-15(13)18/h5-6,9H,7-8,10H2,1-4H3. The van der Waals surface area contributed by atoms with Crippen molar-refractivity contribution in [1.82, 2.24) is 9.55 Å². The van der Waals surface area contributed by atoms with Crippen LogP contribution in [0.2, 0.25) is 30.7 Å². The van der Waals surface area contributed by atoms with Crippen molar-refractivity contribution in [3.05, 3.63) is 29.0 Å². The summed E-state index contributed by atoms with van der Waals surface area (Å²) in [6.45, 7) is 9.58. The van der Waals surface area contributed by atoms with Crippen LogP contribution >= 0.6 is 11.6 Å². The molecule has 2 rings (SSSR count). The van der Waals surface area contributed by atoms with Crippen LogP contribution in [0.5, 0.6) is 0 Å². The summed E-state index contributed by atoms with van der Waals surface area (Å²) in [4.78, 5) is 16.1. The summed E-state index contributed by atoms with van der Waals surface area (Å²) in [5.41, 5.74) is 1.40. The number of fused-ring (bicyclic) bond motifs is 1. The third kappa shape index (κ3) is 3.93. The zero-order chi connectivity index (χ0) is 15.6. The minimum absolute atomic E-state index is 0.0800. The molecule has 4 nitrogen and oxygen atoms in total. The second-order valence-electron chi connectivity index (χ2n) is 6.38. The van der Waals surface area contributed by atoms with Crippen molar-refractivity contribution in [2.75, 3.05) is 6.61 Å². The van der Waals surface area contributed by atoms with Crippen LogP contribution in [0, 0.1) is 0 Å². The smallest absolute Gasteiger partial charge is 0.229 e. The first kappa shape index (κ1) is 16.2. The first-order valence-corrected chi connectivity index (χ1v) is 11.1. The van der Waals surface area contributed by atoms with E-state index in [-0.39, 0.29) is 5.91 Å². The van der Waals surface area contributed by atoms with Crippen LogP contribution in [0.15, 0.2) is 18.3 Å². The number of carbonyl (C=O) groups excluding carboxylic acids is 1. The predicted molar refractivity (Wildman–Crippen MR) is 88.9 cm³/mol. The van der Waals surface area contributed by atoms with E-state index < -0.39 is 8.07 Å². The Morgan fingerprint density at radius 1 is 1.43 bits per heavy atom. The first-order valence-electron chi connectivity index (χ1n) is 7.03. The van der Waals surface area contributed by atoms with Crippen molar-refractivity contribution in [3.63, 3.8) is 0 Å². The molecule has 21 heavy (non-hydrogen) atoms. The van der Waals surface area contributed by atoms with Crippen LogP contribution in [0.4, 0.5) is 0 Å². The van der Waals surface area contributed by atoms with Crippen LogP contribution in [0.3, 0.4) is 0 Å². The summed E-state index contributed by atoms with van der Waals surface area (Å²) in [5, 5.41) is 1.39. The fourth-order valence-electron chi connectivity index (χ4n) is 2.13. The fraction of sp³-hybridized carbons (Fsp3) is 0.467. The topological polar surface area (TPSA) is 44.1 Å². The SMILES string of the molecule is CC(=O)n1c(COCC[Si](C)(C)C)cc2c(Cl)ccnc21. The zero-order valence-corrected chi connectivity index (χ0v) is 14.7. The highest BCUT2D eigenvalue weighted by atomic mass is 35.5. The summed E-state index contributed by atoms with van der Waals surface area (Å²) < 4.78 is 7.33. The van der Waals surface area contributed by atoms with Crippen LogP contribution in [-0.2, 0) is 11.3 Å². The lowest BCUT2D eigenvalue weighted by Crippen LogP contribution is -2.21. The highest BCUT2D eigenvalue weighted by molar-refractivity contribution is 6.76. The number of halogens is 1. The van der Waals surface area contributed by atoms with Gasteiger partial charge < -0.3 is 4.74 Å². The molecule has 0 fully saturated rings. The van der Waals surface area contributed by atoms with Crippen molar-refractivity contribution in [3.8, 4) is 0 Å². The molecule has 0 atom stereocenters. The van der Waals surface area contributed by atoms with Crippen molar-refractivity contribution in [2.45, 2.75) is 39.2 Å². The molecule has 0 aliphatic carbocycles. The van der Waals surface area contributed by atoms with Crippen LogP contribution in [0.25, 0.3) is 11.0 Å². The third-order valence-electron chi connectivity index (χ3n) is 3.29. The highest BCUT2D eigenvalue weighted by Gasteiger charge is 2.16. The minimum atomic E-state index is -1.10. The molecule has 0 N–H and O–H groups in total. The molecule has 0 unspecified atom stereocenters. The Balaban J connectivity index is 2.21. The Hall–Kier alpha value is -1.17. The summed E-state index contributed by atoms with van der Waals surface area (Å²) in [5.74, 6) is -0.0800. The van der Waals surface area contributed by atoms with Crippen molar-refractivity contribution in [1.29, 1.82) is 0 Å². The van der Waals surface area contributed by atoms with Crippen molar-refractivity contribution >= 4 is 36.6 Å². The van der Waals surface area contributed by atoms with Gasteiger partial charge in [0, 0.05) is 33.2 Å². The molecule has 2 aromatic rings. The van der Waals surface area contributed by atoms with E-state index in [1.54, 1.807) is 16.8 Å². The van der Waals surface area contributed by atoms with Gasteiger partial charge in [-0.15, -0.1) is 0 Å². The quantitative estimate of drug-likeness (QED) is 0.611. The van der Waals surface area contributed by atoms with Gasteiger partial charge in [-0.1, -0.05) is 31.2 Å². The van der Waals surface area contributed by atoms with Crippen molar-refractivity contribution < 1.29 is 9.53 Å². The van der Waals surface area contributed by atoms with Crippen LogP contribution in [0.1, 0.15) is 17.4 Å². The molecule has 0 saturated carbocycles. The molecule has 0 radical (unpaired) electrons. The molecule has 0 aromatic carbocycles. The van der Waals surface area contributed by atoms with Gasteiger partial charge in [0.05, 0.1) is 17.3 Å². The Morgan fingerprint density at radius 2 is 2.14 bits per heavy atom. The predicted octanol–water partition coefficient (Wildman–Crippen LogP) is 4.20. The van der Waals surface area contributed by atoms with Crippen LogP contribution in [-0.4, -0.2) is 30.1 Å². The summed E-state index contributed by atoms with van der Waals surface area (Å²) in [6.07, 6.45) is 1.61. The van der Waals surface area contributed by atoms with E-state index in [0.29, 0.717) is 17.3 Å². The lowest BCUT2D eigenvalue weighted by molar-refractivity contribution is 0.0911. The molecule has 0 bridgehead atoms. The molecule has 2 aromatic heterocycles. The molecule has 2 heterocycles. The van der Waals surface area contributed by atoms with E-state index in [4.69, 9.17) is 16.3 Å². The Morgan fingerprint density at radius 3 is 2.76 bits per heavy atom. The second-order valence-corrected chi connectivity index (χ2v) is 12.4. The Kier molecular flexibility index (Phi) is 4.86. The van der Waals surface area contributed by atoms with Gasteiger partial charge in [-0.2, -0.15) is 0 Å². The molecule has 0 saturated heterocycles. The van der Waals surface area contributed by atoms with E-state index in [1.807, 2.05) is 6.07 Å². The monoisotopic (exact) mass is 324 g/mol. The van der Waals surface area contributed by atoms with E-state index >= 15 is 0 Å². The Bertz CT molecular complexity index is 661. The molecule has 0 aliphatic rings. The van der Waals surface area contributed by atoms with Gasteiger partial charge in [0.1, 0.15) is 5.65 Å². The number of ether oxygens (including phenoxy) is 1. The van der Waals surface area contributed by atoms with E-state index in [1.165, 1.54) is 6.92 Å². The number of aromatic nitrogens is 2. The molecule has 0 spiro atoms. The van der Waals surface area contributed by atoms with E-state index in [9.17, 15) is 4.79 Å². The molecule has 114 valence electrons. The maximum absolute atomic E-state index is 11.9. The third-order valence-corrected chi connectivity index (χ3v) is 5.32. The maximum atomic E-state index is 11.9. The fourth-order valence-corrected chi connectivity index (χ4v) is 3.08. The van der Waals surface area contributed by atoms with Gasteiger partial charge in [-0.3, -0.25) is 9.36 Å². The number of rotatable bonds is 5. The minimum Gasteiger partial charge on any atom is -0.376 e. The zero-order valence-electron chi connectivity index (χ0n) is 12.9. The number of hydrogen-bond acceptors (Lipinski definition) is 3. The molecular weight excluding hydrogens is 304 g/mol.